The summed E-state index contributed by atoms with van der Waals surface area (Å²) in [7, 11) is 0. The zero-order chi connectivity index (χ0) is 27.6. The molecule has 40 heavy (non-hydrogen) atoms. The SMILES string of the molecule is C=C/C(=C\C(=C/C)c1ccc2[nH]nc(-c3cc4c(-c5ccc(C(=C)C)s5)ccnc4[nH]3)c2c1)CC1CCNCC1. The van der Waals surface area contributed by atoms with Crippen LogP contribution in [0.5, 0.6) is 0 Å². The average Bonchev–Trinajstić information content (AvgIpc) is 3.73. The van der Waals surface area contributed by atoms with Crippen LogP contribution in [0.3, 0.4) is 0 Å². The van der Waals surface area contributed by atoms with Gasteiger partial charge in [-0.25, -0.2) is 4.98 Å². The Morgan fingerprint density at radius 1 is 1.10 bits per heavy atom. The summed E-state index contributed by atoms with van der Waals surface area (Å²) in [5.74, 6) is 0.716. The van der Waals surface area contributed by atoms with Gasteiger partial charge in [0.25, 0.3) is 0 Å². The van der Waals surface area contributed by atoms with Crippen LogP contribution in [0.25, 0.3) is 54.9 Å². The van der Waals surface area contributed by atoms with Crippen LogP contribution in [0, 0.1) is 5.92 Å². The molecule has 3 N–H and O–H groups in total. The van der Waals surface area contributed by atoms with Crippen LogP contribution < -0.4 is 5.32 Å². The molecule has 0 atom stereocenters. The number of benzene rings is 1. The van der Waals surface area contributed by atoms with Gasteiger partial charge < -0.3 is 10.3 Å². The maximum Gasteiger partial charge on any atom is 0.138 e. The molecule has 5 heterocycles. The quantitative estimate of drug-likeness (QED) is 0.171. The molecule has 5 nitrogen and oxygen atoms in total. The third-order valence-electron chi connectivity index (χ3n) is 7.87. The molecular weight excluding hydrogens is 510 g/mol. The van der Waals surface area contributed by atoms with Gasteiger partial charge in [-0.3, -0.25) is 5.10 Å². The Hall–Kier alpha value is -4.00. The zero-order valence-corrected chi connectivity index (χ0v) is 24.0. The fourth-order valence-corrected chi connectivity index (χ4v) is 6.60. The molecule has 1 saturated heterocycles. The maximum absolute atomic E-state index is 4.72. The smallest absolute Gasteiger partial charge is 0.138 e. The first kappa shape index (κ1) is 26.2. The Balaban J connectivity index is 1.36. The van der Waals surface area contributed by atoms with Gasteiger partial charge in [0.2, 0.25) is 0 Å². The number of aromatic nitrogens is 4. The first-order valence-electron chi connectivity index (χ1n) is 14.0. The van der Waals surface area contributed by atoms with E-state index in [-0.39, 0.29) is 0 Å². The lowest BCUT2D eigenvalue weighted by atomic mass is 9.89. The second-order valence-corrected chi connectivity index (χ2v) is 11.7. The average molecular weight is 546 g/mol. The summed E-state index contributed by atoms with van der Waals surface area (Å²) in [5.41, 5.74) is 9.62. The highest BCUT2D eigenvalue weighted by molar-refractivity contribution is 7.16. The molecule has 0 radical (unpaired) electrons. The van der Waals surface area contributed by atoms with E-state index in [0.29, 0.717) is 5.92 Å². The van der Waals surface area contributed by atoms with Gasteiger partial charge in [0, 0.05) is 32.3 Å². The molecule has 0 bridgehead atoms. The van der Waals surface area contributed by atoms with E-state index in [2.05, 4.69) is 95.1 Å². The first-order valence-corrected chi connectivity index (χ1v) is 14.8. The third-order valence-corrected chi connectivity index (χ3v) is 9.15. The van der Waals surface area contributed by atoms with Crippen LogP contribution in [0.2, 0.25) is 0 Å². The summed E-state index contributed by atoms with van der Waals surface area (Å²) in [6.07, 6.45) is 11.9. The van der Waals surface area contributed by atoms with Crippen LogP contribution in [-0.4, -0.2) is 33.3 Å². The number of hydrogen-bond donors (Lipinski definition) is 3. The van der Waals surface area contributed by atoms with Gasteiger partial charge in [0.05, 0.1) is 11.2 Å². The van der Waals surface area contributed by atoms with Crippen molar-refractivity contribution in [3.63, 3.8) is 0 Å². The Bertz CT molecular complexity index is 1770. The Labute approximate surface area is 239 Å². The van der Waals surface area contributed by atoms with Crippen molar-refractivity contribution in [1.29, 1.82) is 0 Å². The number of piperidine rings is 1. The molecule has 0 aliphatic carbocycles. The lowest BCUT2D eigenvalue weighted by Crippen LogP contribution is -2.27. The fourth-order valence-electron chi connectivity index (χ4n) is 5.63. The number of pyridine rings is 1. The summed E-state index contributed by atoms with van der Waals surface area (Å²) >= 11 is 1.76. The molecular formula is C34H35N5S. The van der Waals surface area contributed by atoms with Crippen LogP contribution in [0.4, 0.5) is 0 Å². The largest absolute Gasteiger partial charge is 0.338 e. The predicted molar refractivity (Wildman–Crippen MR) is 171 cm³/mol. The van der Waals surface area contributed by atoms with Crippen molar-refractivity contribution in [3.8, 4) is 21.8 Å². The van der Waals surface area contributed by atoms with Crippen molar-refractivity contribution < 1.29 is 0 Å². The van der Waals surface area contributed by atoms with Crippen molar-refractivity contribution >= 4 is 44.4 Å². The van der Waals surface area contributed by atoms with E-state index in [4.69, 9.17) is 5.10 Å². The monoisotopic (exact) mass is 545 g/mol. The molecule has 0 unspecified atom stereocenters. The van der Waals surface area contributed by atoms with Crippen molar-refractivity contribution in [2.45, 2.75) is 33.1 Å². The number of allylic oxidation sites excluding steroid dienone is 6. The molecule has 1 aromatic carbocycles. The summed E-state index contributed by atoms with van der Waals surface area (Å²) < 4.78 is 0. The Morgan fingerprint density at radius 2 is 1.95 bits per heavy atom. The van der Waals surface area contributed by atoms with Crippen LogP contribution >= 0.6 is 11.3 Å². The molecule has 0 saturated carbocycles. The number of hydrogen-bond acceptors (Lipinski definition) is 4. The maximum atomic E-state index is 4.72. The molecule has 202 valence electrons. The Kier molecular flexibility index (Phi) is 7.37. The van der Waals surface area contributed by atoms with E-state index in [9.17, 15) is 0 Å². The normalized spacial score (nSPS) is 15.2. The fraction of sp³-hybridized carbons (Fsp3) is 0.235. The molecule has 6 heteroatoms. The zero-order valence-electron chi connectivity index (χ0n) is 23.2. The summed E-state index contributed by atoms with van der Waals surface area (Å²) in [6.45, 7) is 14.6. The van der Waals surface area contributed by atoms with Gasteiger partial charge >= 0.3 is 0 Å². The standard InChI is InChI=1S/C34H35N5S/c1-5-22(17-23-11-14-35-15-12-23)18-24(6-2)25-7-8-29-28(19-25)33(39-38-29)30-20-27-26(13-16-36-34(27)37-30)32-10-9-31(40-32)21(3)4/h5-10,13,16,18-20,23,35H,1,3,11-12,14-15,17H2,2,4H3,(H,36,37)(H,38,39)/b22-18+,24-6+. The van der Waals surface area contributed by atoms with E-state index in [1.165, 1.54) is 39.3 Å². The second-order valence-electron chi connectivity index (χ2n) is 10.6. The van der Waals surface area contributed by atoms with Crippen molar-refractivity contribution in [3.05, 3.63) is 96.1 Å². The highest BCUT2D eigenvalue weighted by Crippen LogP contribution is 2.38. The molecule has 0 amide bonds. The van der Waals surface area contributed by atoms with Crippen LogP contribution in [0.15, 0.2) is 85.6 Å². The number of H-pyrrole nitrogens is 2. The highest BCUT2D eigenvalue weighted by atomic mass is 32.1. The van der Waals surface area contributed by atoms with Gasteiger partial charge in [0.15, 0.2) is 0 Å². The van der Waals surface area contributed by atoms with Crippen LogP contribution in [0.1, 0.15) is 43.6 Å². The van der Waals surface area contributed by atoms with Crippen molar-refractivity contribution in [2.75, 3.05) is 13.1 Å². The third kappa shape index (κ3) is 5.12. The number of thiophene rings is 1. The van der Waals surface area contributed by atoms with Gasteiger partial charge in [0.1, 0.15) is 11.3 Å². The van der Waals surface area contributed by atoms with E-state index in [1.807, 2.05) is 19.2 Å². The van der Waals surface area contributed by atoms with E-state index < -0.39 is 0 Å². The van der Waals surface area contributed by atoms with Gasteiger partial charge in [-0.1, -0.05) is 37.5 Å². The Morgan fingerprint density at radius 3 is 2.70 bits per heavy atom. The lowest BCUT2D eigenvalue weighted by Gasteiger charge is -2.23. The first-order chi connectivity index (χ1) is 19.5. The minimum Gasteiger partial charge on any atom is -0.338 e. The van der Waals surface area contributed by atoms with Gasteiger partial charge in [-0.2, -0.15) is 5.10 Å². The second kappa shape index (κ2) is 11.2. The van der Waals surface area contributed by atoms with Gasteiger partial charge in [-0.05, 0) is 111 Å². The summed E-state index contributed by atoms with van der Waals surface area (Å²) in [6, 6.07) is 15.1. The summed E-state index contributed by atoms with van der Waals surface area (Å²) in [4.78, 5) is 10.6. The molecule has 1 aliphatic heterocycles. The molecule has 6 rings (SSSR count). The summed E-state index contributed by atoms with van der Waals surface area (Å²) in [5, 5.41) is 13.6. The van der Waals surface area contributed by atoms with E-state index >= 15 is 0 Å². The predicted octanol–water partition coefficient (Wildman–Crippen LogP) is 8.77. The van der Waals surface area contributed by atoms with Gasteiger partial charge in [-0.15, -0.1) is 11.3 Å². The van der Waals surface area contributed by atoms with Crippen LogP contribution in [-0.2, 0) is 0 Å². The van der Waals surface area contributed by atoms with Crippen molar-refractivity contribution in [1.82, 2.24) is 25.5 Å². The van der Waals surface area contributed by atoms with Crippen molar-refractivity contribution in [2.24, 2.45) is 5.92 Å². The molecule has 4 aromatic heterocycles. The topological polar surface area (TPSA) is 69.4 Å². The number of nitrogens with zero attached hydrogens (tertiary/aromatic N) is 2. The molecule has 5 aromatic rings. The molecule has 1 aliphatic rings. The minimum absolute atomic E-state index is 0.716. The van der Waals surface area contributed by atoms with E-state index in [0.717, 1.165) is 64.0 Å². The number of nitrogens with one attached hydrogen (secondary N) is 3. The molecule has 0 spiro atoms. The highest BCUT2D eigenvalue weighted by Gasteiger charge is 2.17. The number of rotatable bonds is 8. The number of fused-ring (bicyclic) bond motifs is 2. The molecule has 1 fully saturated rings. The van der Waals surface area contributed by atoms with E-state index in [1.54, 1.807) is 11.3 Å². The number of aromatic amines is 2. The lowest BCUT2D eigenvalue weighted by molar-refractivity contribution is 0.374. The minimum atomic E-state index is 0.716.